The van der Waals surface area contributed by atoms with Crippen LogP contribution in [0, 0.1) is 0 Å². The highest BCUT2D eigenvalue weighted by Crippen LogP contribution is 2.30. The zero-order valence-corrected chi connectivity index (χ0v) is 7.77. The second kappa shape index (κ2) is 2.90. The Morgan fingerprint density at radius 1 is 1.36 bits per heavy atom. The van der Waals surface area contributed by atoms with Gasteiger partial charge in [0.15, 0.2) is 0 Å². The Hall–Kier alpha value is -1.71. The van der Waals surface area contributed by atoms with Gasteiger partial charge in [-0.15, -0.1) is 0 Å². The number of benzene rings is 1. The van der Waals surface area contributed by atoms with Gasteiger partial charge in [0.05, 0.1) is 11.4 Å². The van der Waals surface area contributed by atoms with Crippen LogP contribution in [0.15, 0.2) is 29.4 Å². The number of hydrogen-bond acceptors (Lipinski definition) is 4. The SMILES string of the molecule is C1=NNC2CCNc3ccccc3N12. The molecule has 0 fully saturated rings. The lowest BCUT2D eigenvalue weighted by Gasteiger charge is -2.21. The first kappa shape index (κ1) is 7.67. The Labute approximate surface area is 82.6 Å². The van der Waals surface area contributed by atoms with E-state index in [0.29, 0.717) is 6.17 Å². The Bertz CT molecular complexity index is 374. The summed E-state index contributed by atoms with van der Waals surface area (Å²) in [6.07, 6.45) is 3.22. The van der Waals surface area contributed by atoms with Crippen molar-refractivity contribution in [2.24, 2.45) is 5.10 Å². The first-order valence-corrected chi connectivity index (χ1v) is 4.85. The smallest absolute Gasteiger partial charge is 0.122 e. The molecule has 2 N–H and O–H groups in total. The molecule has 1 aromatic rings. The lowest BCUT2D eigenvalue weighted by Crippen LogP contribution is -2.36. The monoisotopic (exact) mass is 188 g/mol. The lowest BCUT2D eigenvalue weighted by atomic mass is 10.2. The molecule has 2 heterocycles. The van der Waals surface area contributed by atoms with Gasteiger partial charge in [-0.3, -0.25) is 5.43 Å². The predicted molar refractivity (Wildman–Crippen MR) is 57.4 cm³/mol. The van der Waals surface area contributed by atoms with Crippen molar-refractivity contribution in [3.05, 3.63) is 24.3 Å². The van der Waals surface area contributed by atoms with Gasteiger partial charge in [-0.1, -0.05) is 12.1 Å². The maximum Gasteiger partial charge on any atom is 0.122 e. The highest BCUT2D eigenvalue weighted by molar-refractivity contribution is 5.88. The van der Waals surface area contributed by atoms with Crippen molar-refractivity contribution >= 4 is 17.7 Å². The molecule has 1 aromatic carbocycles. The van der Waals surface area contributed by atoms with Gasteiger partial charge in [-0.2, -0.15) is 5.10 Å². The zero-order chi connectivity index (χ0) is 9.38. The van der Waals surface area contributed by atoms with Gasteiger partial charge in [0.1, 0.15) is 12.5 Å². The quantitative estimate of drug-likeness (QED) is 0.642. The summed E-state index contributed by atoms with van der Waals surface area (Å²) in [6, 6.07) is 8.31. The maximum atomic E-state index is 4.09. The van der Waals surface area contributed by atoms with E-state index in [0.717, 1.165) is 13.0 Å². The van der Waals surface area contributed by atoms with Crippen LogP contribution in [0.4, 0.5) is 11.4 Å². The third-order valence-corrected chi connectivity index (χ3v) is 2.66. The number of nitrogens with one attached hydrogen (secondary N) is 2. The summed E-state index contributed by atoms with van der Waals surface area (Å²) in [5.74, 6) is 0. The molecule has 1 atom stereocenters. The van der Waals surface area contributed by atoms with Crippen molar-refractivity contribution in [2.45, 2.75) is 12.6 Å². The van der Waals surface area contributed by atoms with E-state index >= 15 is 0 Å². The van der Waals surface area contributed by atoms with E-state index in [2.05, 4.69) is 38.9 Å². The van der Waals surface area contributed by atoms with Crippen molar-refractivity contribution in [3.63, 3.8) is 0 Å². The van der Waals surface area contributed by atoms with E-state index in [1.165, 1.54) is 11.4 Å². The molecule has 4 nitrogen and oxygen atoms in total. The molecule has 0 saturated carbocycles. The Balaban J connectivity index is 2.08. The molecule has 1 unspecified atom stereocenters. The summed E-state index contributed by atoms with van der Waals surface area (Å²) in [5.41, 5.74) is 5.48. The minimum absolute atomic E-state index is 0.311. The fourth-order valence-electron chi connectivity index (χ4n) is 1.95. The van der Waals surface area contributed by atoms with Crippen molar-refractivity contribution in [3.8, 4) is 0 Å². The first-order chi connectivity index (χ1) is 6.95. The van der Waals surface area contributed by atoms with E-state index in [9.17, 15) is 0 Å². The second-order valence-corrected chi connectivity index (χ2v) is 3.53. The van der Waals surface area contributed by atoms with Gasteiger partial charge >= 0.3 is 0 Å². The third-order valence-electron chi connectivity index (χ3n) is 2.66. The molecule has 14 heavy (non-hydrogen) atoms. The predicted octanol–water partition coefficient (Wildman–Crippen LogP) is 1.18. The maximum absolute atomic E-state index is 4.09. The standard InChI is InChI=1S/C10H12N4/c1-2-4-9-8(3-1)11-6-5-10-13-12-7-14(9)10/h1-4,7,10-11,13H,5-6H2. The highest BCUT2D eigenvalue weighted by Gasteiger charge is 2.25. The number of hydrogen-bond donors (Lipinski definition) is 2. The summed E-state index contributed by atoms with van der Waals surface area (Å²) in [7, 11) is 0. The molecule has 0 saturated heterocycles. The van der Waals surface area contributed by atoms with Crippen LogP contribution in [0.25, 0.3) is 0 Å². The summed E-state index contributed by atoms with van der Waals surface area (Å²) in [6.45, 7) is 0.981. The van der Waals surface area contributed by atoms with Crippen molar-refractivity contribution in [1.29, 1.82) is 0 Å². The van der Waals surface area contributed by atoms with Gasteiger partial charge in [-0.25, -0.2) is 0 Å². The number of rotatable bonds is 0. The molecule has 0 bridgehead atoms. The fraction of sp³-hybridized carbons (Fsp3) is 0.300. The Morgan fingerprint density at radius 2 is 2.29 bits per heavy atom. The van der Waals surface area contributed by atoms with Crippen molar-refractivity contribution in [2.75, 3.05) is 16.8 Å². The normalized spacial score (nSPS) is 23.1. The van der Waals surface area contributed by atoms with Gasteiger partial charge in [0, 0.05) is 13.0 Å². The molecular weight excluding hydrogens is 176 g/mol. The minimum Gasteiger partial charge on any atom is -0.383 e. The van der Waals surface area contributed by atoms with Crippen LogP contribution < -0.4 is 15.6 Å². The molecule has 0 aliphatic carbocycles. The molecule has 0 aromatic heterocycles. The average Bonchev–Trinajstić information content (AvgIpc) is 2.61. The molecule has 2 aliphatic heterocycles. The minimum atomic E-state index is 0.311. The van der Waals surface area contributed by atoms with Gasteiger partial charge in [-0.05, 0) is 12.1 Å². The van der Waals surface area contributed by atoms with E-state index in [1.54, 1.807) is 0 Å². The second-order valence-electron chi connectivity index (χ2n) is 3.53. The largest absolute Gasteiger partial charge is 0.383 e. The number of nitrogens with zero attached hydrogens (tertiary/aromatic N) is 2. The molecule has 0 radical (unpaired) electrons. The van der Waals surface area contributed by atoms with E-state index in [4.69, 9.17) is 0 Å². The van der Waals surface area contributed by atoms with Crippen LogP contribution in [-0.2, 0) is 0 Å². The molecule has 2 aliphatic rings. The third kappa shape index (κ3) is 1.04. The van der Waals surface area contributed by atoms with Gasteiger partial charge in [0.25, 0.3) is 0 Å². The molecular formula is C10H12N4. The van der Waals surface area contributed by atoms with Crippen LogP contribution in [-0.4, -0.2) is 19.0 Å². The Morgan fingerprint density at radius 3 is 3.29 bits per heavy atom. The Kier molecular flexibility index (Phi) is 1.59. The van der Waals surface area contributed by atoms with Crippen LogP contribution in [0.3, 0.4) is 0 Å². The van der Waals surface area contributed by atoms with Gasteiger partial charge in [0.2, 0.25) is 0 Å². The molecule has 0 amide bonds. The van der Waals surface area contributed by atoms with Crippen LogP contribution in [0.1, 0.15) is 6.42 Å². The number of fused-ring (bicyclic) bond motifs is 3. The van der Waals surface area contributed by atoms with E-state index < -0.39 is 0 Å². The molecule has 72 valence electrons. The number of hydrazone groups is 1. The molecule has 0 spiro atoms. The zero-order valence-electron chi connectivity index (χ0n) is 7.77. The summed E-state index contributed by atoms with van der Waals surface area (Å²) >= 11 is 0. The average molecular weight is 188 g/mol. The van der Waals surface area contributed by atoms with Crippen molar-refractivity contribution < 1.29 is 0 Å². The molecule has 4 heteroatoms. The topological polar surface area (TPSA) is 39.7 Å². The summed E-state index contributed by atoms with van der Waals surface area (Å²) < 4.78 is 0. The van der Waals surface area contributed by atoms with Crippen LogP contribution in [0.2, 0.25) is 0 Å². The highest BCUT2D eigenvalue weighted by atomic mass is 15.5. The van der Waals surface area contributed by atoms with Crippen LogP contribution >= 0.6 is 0 Å². The summed E-state index contributed by atoms with van der Waals surface area (Å²) in [5, 5.41) is 7.50. The number of anilines is 2. The van der Waals surface area contributed by atoms with E-state index in [-0.39, 0.29) is 0 Å². The van der Waals surface area contributed by atoms with Crippen LogP contribution in [0.5, 0.6) is 0 Å². The van der Waals surface area contributed by atoms with Crippen molar-refractivity contribution in [1.82, 2.24) is 5.43 Å². The van der Waals surface area contributed by atoms with Gasteiger partial charge < -0.3 is 10.2 Å². The number of para-hydroxylation sites is 2. The lowest BCUT2D eigenvalue weighted by molar-refractivity contribution is 0.561. The van der Waals surface area contributed by atoms with E-state index in [1.807, 2.05) is 12.4 Å². The first-order valence-electron chi connectivity index (χ1n) is 4.85. The molecule has 3 rings (SSSR count). The fourth-order valence-corrected chi connectivity index (χ4v) is 1.95. The summed E-state index contributed by atoms with van der Waals surface area (Å²) in [4.78, 5) is 2.18.